The molecule has 6 heteroatoms. The number of hydrogen-bond acceptors (Lipinski definition) is 4. The largest absolute Gasteiger partial charge is 0.354 e. The lowest BCUT2D eigenvalue weighted by Crippen LogP contribution is -2.46. The molecule has 0 spiro atoms. The van der Waals surface area contributed by atoms with Crippen molar-refractivity contribution in [2.24, 2.45) is 16.8 Å². The van der Waals surface area contributed by atoms with Crippen molar-refractivity contribution < 1.29 is 0 Å². The molecule has 3 fully saturated rings. The monoisotopic (exact) mass is 384 g/mol. The molecular weight excluding hydrogens is 348 g/mol. The molecule has 1 aromatic rings. The van der Waals surface area contributed by atoms with Gasteiger partial charge in [0.1, 0.15) is 5.82 Å². The molecule has 2 aliphatic heterocycles. The summed E-state index contributed by atoms with van der Waals surface area (Å²) in [6.45, 7) is 10.9. The Balaban J connectivity index is 1.28. The van der Waals surface area contributed by atoms with Crippen molar-refractivity contribution in [3.63, 3.8) is 0 Å². The van der Waals surface area contributed by atoms with Gasteiger partial charge in [-0.15, -0.1) is 0 Å². The topological polar surface area (TPSA) is 47.0 Å². The number of nitrogens with zero attached hydrogens (tertiary/aromatic N) is 5. The minimum Gasteiger partial charge on any atom is -0.354 e. The van der Waals surface area contributed by atoms with Crippen molar-refractivity contribution in [3.8, 4) is 0 Å². The number of hydrogen-bond donors (Lipinski definition) is 1. The Morgan fingerprint density at radius 2 is 1.82 bits per heavy atom. The fourth-order valence-corrected chi connectivity index (χ4v) is 5.09. The van der Waals surface area contributed by atoms with E-state index in [1.165, 1.54) is 44.3 Å². The molecule has 28 heavy (non-hydrogen) atoms. The summed E-state index contributed by atoms with van der Waals surface area (Å²) in [5.74, 6) is 3.91. The lowest BCUT2D eigenvalue weighted by molar-refractivity contribution is 0.270. The maximum absolute atomic E-state index is 4.73. The number of piperazine rings is 1. The Bertz CT molecular complexity index is 635. The van der Waals surface area contributed by atoms with Crippen LogP contribution in [0.2, 0.25) is 0 Å². The molecule has 3 heterocycles. The van der Waals surface area contributed by atoms with Crippen molar-refractivity contribution in [3.05, 3.63) is 23.9 Å². The number of aliphatic imine (C=N–C) groups is 1. The summed E-state index contributed by atoms with van der Waals surface area (Å²) < 4.78 is 0. The highest BCUT2D eigenvalue weighted by atomic mass is 15.3. The van der Waals surface area contributed by atoms with Crippen molar-refractivity contribution >= 4 is 11.8 Å². The van der Waals surface area contributed by atoms with Gasteiger partial charge < -0.3 is 20.0 Å². The van der Waals surface area contributed by atoms with Crippen molar-refractivity contribution in [1.82, 2.24) is 20.1 Å². The molecular formula is C22H36N6. The summed E-state index contributed by atoms with van der Waals surface area (Å²) in [7, 11) is 1.90. The van der Waals surface area contributed by atoms with Crippen LogP contribution >= 0.6 is 0 Å². The van der Waals surface area contributed by atoms with Crippen LogP contribution in [0.1, 0.15) is 38.2 Å². The number of rotatable bonds is 4. The first-order valence-corrected chi connectivity index (χ1v) is 11.1. The van der Waals surface area contributed by atoms with E-state index < -0.39 is 0 Å². The normalized spacial score (nSPS) is 26.4. The van der Waals surface area contributed by atoms with Gasteiger partial charge in [0.2, 0.25) is 0 Å². The van der Waals surface area contributed by atoms with Gasteiger partial charge in [-0.2, -0.15) is 0 Å². The van der Waals surface area contributed by atoms with E-state index >= 15 is 0 Å². The molecule has 2 atom stereocenters. The van der Waals surface area contributed by atoms with Gasteiger partial charge in [0.15, 0.2) is 5.96 Å². The fraction of sp³-hybridized carbons (Fsp3) is 0.727. The van der Waals surface area contributed by atoms with Gasteiger partial charge in [-0.1, -0.05) is 25.8 Å². The van der Waals surface area contributed by atoms with E-state index in [1.807, 2.05) is 13.2 Å². The first-order chi connectivity index (χ1) is 13.8. The zero-order valence-electron chi connectivity index (χ0n) is 17.6. The second kappa shape index (κ2) is 9.12. The van der Waals surface area contributed by atoms with Crippen molar-refractivity contribution in [2.45, 2.75) is 39.2 Å². The molecule has 0 amide bonds. The van der Waals surface area contributed by atoms with E-state index in [0.29, 0.717) is 0 Å². The van der Waals surface area contributed by atoms with Gasteiger partial charge in [0, 0.05) is 59.1 Å². The maximum Gasteiger partial charge on any atom is 0.193 e. The molecule has 2 unspecified atom stereocenters. The van der Waals surface area contributed by atoms with Gasteiger partial charge in [-0.3, -0.25) is 4.99 Å². The number of fused-ring (bicyclic) bond motifs is 1. The van der Waals surface area contributed by atoms with Gasteiger partial charge in [-0.25, -0.2) is 4.98 Å². The second-order valence-electron chi connectivity index (χ2n) is 8.56. The maximum atomic E-state index is 4.73. The highest BCUT2D eigenvalue weighted by Crippen LogP contribution is 2.35. The van der Waals surface area contributed by atoms with Crippen LogP contribution in [0.5, 0.6) is 0 Å². The number of pyridine rings is 1. The van der Waals surface area contributed by atoms with Crippen LogP contribution in [0.25, 0.3) is 0 Å². The number of anilines is 1. The molecule has 0 bridgehead atoms. The van der Waals surface area contributed by atoms with E-state index in [4.69, 9.17) is 4.98 Å². The summed E-state index contributed by atoms with van der Waals surface area (Å²) in [5, 5.41) is 3.57. The van der Waals surface area contributed by atoms with Gasteiger partial charge in [-0.05, 0) is 42.9 Å². The molecule has 3 aliphatic rings. The Morgan fingerprint density at radius 3 is 2.39 bits per heavy atom. The highest BCUT2D eigenvalue weighted by Gasteiger charge is 2.35. The standard InChI is InChI=1S/C22H36N6/c1-3-26-10-12-27(13-11-26)21-9-8-18(14-24-21)15-25-22(23-2)28-16-19-6-4-5-7-20(19)17-28/h8-9,14,19-20H,3-7,10-13,15-17H2,1-2H3,(H,23,25). The zero-order chi connectivity index (χ0) is 19.3. The third-order valence-corrected chi connectivity index (χ3v) is 6.89. The number of likely N-dealkylation sites (N-methyl/N-ethyl adjacent to an activating group) is 1. The summed E-state index contributed by atoms with van der Waals surface area (Å²) in [6.07, 6.45) is 7.64. The van der Waals surface area contributed by atoms with Gasteiger partial charge >= 0.3 is 0 Å². The fourth-order valence-electron chi connectivity index (χ4n) is 5.09. The van der Waals surface area contributed by atoms with E-state index in [0.717, 1.165) is 62.9 Å². The molecule has 2 saturated heterocycles. The third-order valence-electron chi connectivity index (χ3n) is 6.89. The minimum absolute atomic E-state index is 0.787. The first-order valence-electron chi connectivity index (χ1n) is 11.1. The van der Waals surface area contributed by atoms with Crippen LogP contribution in [0.3, 0.4) is 0 Å². The average Bonchev–Trinajstić information content (AvgIpc) is 3.19. The Labute approximate surface area is 170 Å². The lowest BCUT2D eigenvalue weighted by atomic mass is 9.82. The van der Waals surface area contributed by atoms with Gasteiger partial charge in [0.25, 0.3) is 0 Å². The lowest BCUT2D eigenvalue weighted by Gasteiger charge is -2.34. The smallest absolute Gasteiger partial charge is 0.193 e. The summed E-state index contributed by atoms with van der Waals surface area (Å²) in [5.41, 5.74) is 1.22. The predicted octanol–water partition coefficient (Wildman–Crippen LogP) is 2.42. The first kappa shape index (κ1) is 19.5. The number of nitrogens with one attached hydrogen (secondary N) is 1. The zero-order valence-corrected chi connectivity index (χ0v) is 17.6. The van der Waals surface area contributed by atoms with Crippen molar-refractivity contribution in [1.29, 1.82) is 0 Å². The van der Waals surface area contributed by atoms with Crippen LogP contribution in [0, 0.1) is 11.8 Å². The Hall–Kier alpha value is -1.82. The Morgan fingerprint density at radius 1 is 1.11 bits per heavy atom. The van der Waals surface area contributed by atoms with Crippen LogP contribution in [-0.4, -0.2) is 73.6 Å². The quantitative estimate of drug-likeness (QED) is 0.638. The molecule has 0 aromatic carbocycles. The van der Waals surface area contributed by atoms with Crippen LogP contribution in [-0.2, 0) is 6.54 Å². The van der Waals surface area contributed by atoms with Crippen molar-refractivity contribution in [2.75, 3.05) is 57.8 Å². The molecule has 6 nitrogen and oxygen atoms in total. The predicted molar refractivity (Wildman–Crippen MR) is 116 cm³/mol. The van der Waals surface area contributed by atoms with E-state index in [1.54, 1.807) is 0 Å². The van der Waals surface area contributed by atoms with Crippen LogP contribution in [0.15, 0.2) is 23.3 Å². The average molecular weight is 385 g/mol. The number of aromatic nitrogens is 1. The van der Waals surface area contributed by atoms with E-state index in [2.05, 4.69) is 44.1 Å². The SMILES string of the molecule is CCN1CCN(c2ccc(CNC(=NC)N3CC4CCCCC4C3)cn2)CC1. The summed E-state index contributed by atoms with van der Waals surface area (Å²) >= 11 is 0. The third kappa shape index (κ3) is 4.43. The molecule has 1 aromatic heterocycles. The minimum atomic E-state index is 0.787. The number of guanidine groups is 1. The van der Waals surface area contributed by atoms with Gasteiger partial charge in [0.05, 0.1) is 0 Å². The molecule has 1 aliphatic carbocycles. The van der Waals surface area contributed by atoms with Crippen LogP contribution < -0.4 is 10.2 Å². The highest BCUT2D eigenvalue weighted by molar-refractivity contribution is 5.80. The van der Waals surface area contributed by atoms with E-state index in [9.17, 15) is 0 Å². The molecule has 4 rings (SSSR count). The molecule has 1 N–H and O–H groups in total. The Kier molecular flexibility index (Phi) is 6.35. The molecule has 0 radical (unpaired) electrons. The van der Waals surface area contributed by atoms with E-state index in [-0.39, 0.29) is 0 Å². The summed E-state index contributed by atoms with van der Waals surface area (Å²) in [4.78, 5) is 16.6. The summed E-state index contributed by atoms with van der Waals surface area (Å²) in [6, 6.07) is 4.38. The number of likely N-dealkylation sites (tertiary alicyclic amines) is 1. The van der Waals surface area contributed by atoms with Crippen LogP contribution in [0.4, 0.5) is 5.82 Å². The molecule has 154 valence electrons. The molecule has 1 saturated carbocycles. The second-order valence-corrected chi connectivity index (χ2v) is 8.56.